The first-order chi connectivity index (χ1) is 8.78. The molecular weight excluding hydrogens is 222 g/mol. The van der Waals surface area contributed by atoms with Gasteiger partial charge in [0.15, 0.2) is 0 Å². The van der Waals surface area contributed by atoms with Crippen LogP contribution in [0.25, 0.3) is 0 Å². The Hall–Kier alpha value is -1.18. The molecule has 1 N–H and O–H groups in total. The van der Waals surface area contributed by atoms with E-state index in [1.165, 1.54) is 37.8 Å². The van der Waals surface area contributed by atoms with E-state index in [0.29, 0.717) is 0 Å². The number of ether oxygens (including phenoxy) is 1. The van der Waals surface area contributed by atoms with Gasteiger partial charge in [-0.05, 0) is 42.5 Å². The third-order valence-corrected chi connectivity index (χ3v) is 4.11. The van der Waals surface area contributed by atoms with Gasteiger partial charge in [0, 0.05) is 12.2 Å². The summed E-state index contributed by atoms with van der Waals surface area (Å²) in [4.78, 5) is 0. The molecule has 2 nitrogen and oxygen atoms in total. The van der Waals surface area contributed by atoms with Crippen LogP contribution in [0.1, 0.15) is 39.0 Å². The third-order valence-electron chi connectivity index (χ3n) is 4.11. The zero-order chi connectivity index (χ0) is 12.8. The van der Waals surface area contributed by atoms with Gasteiger partial charge in [0.2, 0.25) is 0 Å². The fourth-order valence-corrected chi connectivity index (χ4v) is 2.75. The Morgan fingerprint density at radius 3 is 2.39 bits per heavy atom. The van der Waals surface area contributed by atoms with Crippen molar-refractivity contribution in [2.45, 2.75) is 39.0 Å². The molecule has 1 aromatic carbocycles. The van der Waals surface area contributed by atoms with E-state index in [4.69, 9.17) is 4.74 Å². The van der Waals surface area contributed by atoms with E-state index in [1.54, 1.807) is 7.11 Å². The summed E-state index contributed by atoms with van der Waals surface area (Å²) in [5.74, 6) is 2.81. The molecule has 0 aliphatic heterocycles. The molecule has 0 spiro atoms. The van der Waals surface area contributed by atoms with Crippen LogP contribution >= 0.6 is 0 Å². The van der Waals surface area contributed by atoms with Gasteiger partial charge in [-0.1, -0.05) is 32.6 Å². The SMILES string of the molecule is COc1ccc(NCCC2CCC(C)CC2)cc1. The molecule has 0 unspecified atom stereocenters. The van der Waals surface area contributed by atoms with Gasteiger partial charge >= 0.3 is 0 Å². The van der Waals surface area contributed by atoms with Crippen LogP contribution in [0, 0.1) is 11.8 Å². The number of nitrogens with one attached hydrogen (secondary N) is 1. The molecule has 0 radical (unpaired) electrons. The average Bonchev–Trinajstić information content (AvgIpc) is 2.42. The molecule has 0 bridgehead atoms. The number of methoxy groups -OCH3 is 1. The maximum absolute atomic E-state index is 5.15. The summed E-state index contributed by atoms with van der Waals surface area (Å²) in [5, 5.41) is 3.50. The Morgan fingerprint density at radius 1 is 1.11 bits per heavy atom. The van der Waals surface area contributed by atoms with Crippen molar-refractivity contribution in [3.63, 3.8) is 0 Å². The van der Waals surface area contributed by atoms with Gasteiger partial charge < -0.3 is 10.1 Å². The highest BCUT2D eigenvalue weighted by Crippen LogP contribution is 2.30. The maximum atomic E-state index is 5.15. The molecule has 0 amide bonds. The minimum absolute atomic E-state index is 0.918. The zero-order valence-corrected chi connectivity index (χ0v) is 11.6. The minimum atomic E-state index is 0.918. The number of hydrogen-bond donors (Lipinski definition) is 1. The van der Waals surface area contributed by atoms with E-state index in [0.717, 1.165) is 24.1 Å². The summed E-state index contributed by atoms with van der Waals surface area (Å²) < 4.78 is 5.15. The number of anilines is 1. The second-order valence-electron chi connectivity index (χ2n) is 5.57. The van der Waals surface area contributed by atoms with Gasteiger partial charge in [0.1, 0.15) is 5.75 Å². The molecule has 100 valence electrons. The summed E-state index contributed by atoms with van der Waals surface area (Å²) >= 11 is 0. The zero-order valence-electron chi connectivity index (χ0n) is 11.6. The lowest BCUT2D eigenvalue weighted by Gasteiger charge is -2.26. The minimum Gasteiger partial charge on any atom is -0.497 e. The summed E-state index contributed by atoms with van der Waals surface area (Å²) in [5.41, 5.74) is 1.19. The van der Waals surface area contributed by atoms with Crippen LogP contribution in [0.5, 0.6) is 5.75 Å². The smallest absolute Gasteiger partial charge is 0.119 e. The van der Waals surface area contributed by atoms with Gasteiger partial charge in [0.25, 0.3) is 0 Å². The second-order valence-corrected chi connectivity index (χ2v) is 5.57. The van der Waals surface area contributed by atoms with Crippen LogP contribution in [0.2, 0.25) is 0 Å². The summed E-state index contributed by atoms with van der Waals surface area (Å²) in [7, 11) is 1.70. The lowest BCUT2D eigenvalue weighted by Crippen LogP contribution is -2.15. The molecular formula is C16H25NO. The third kappa shape index (κ3) is 3.94. The summed E-state index contributed by atoms with van der Waals surface area (Å²) in [6, 6.07) is 8.18. The molecule has 18 heavy (non-hydrogen) atoms. The first kappa shape index (κ1) is 13.3. The van der Waals surface area contributed by atoms with Crippen LogP contribution < -0.4 is 10.1 Å². The molecule has 0 atom stereocenters. The van der Waals surface area contributed by atoms with Gasteiger partial charge in [-0.25, -0.2) is 0 Å². The van der Waals surface area contributed by atoms with Crippen LogP contribution in [0.3, 0.4) is 0 Å². The maximum Gasteiger partial charge on any atom is 0.119 e. The van der Waals surface area contributed by atoms with E-state index >= 15 is 0 Å². The quantitative estimate of drug-likeness (QED) is 0.836. The Kier molecular flexibility index (Phi) is 4.91. The normalized spacial score (nSPS) is 23.7. The Morgan fingerprint density at radius 2 is 1.78 bits per heavy atom. The van der Waals surface area contributed by atoms with Crippen LogP contribution in [0.4, 0.5) is 5.69 Å². The molecule has 0 heterocycles. The van der Waals surface area contributed by atoms with E-state index < -0.39 is 0 Å². The molecule has 2 rings (SSSR count). The number of rotatable bonds is 5. The Bertz CT molecular complexity index is 339. The van der Waals surface area contributed by atoms with Gasteiger partial charge in [-0.3, -0.25) is 0 Å². The van der Waals surface area contributed by atoms with Gasteiger partial charge in [0.05, 0.1) is 7.11 Å². The van der Waals surface area contributed by atoms with Crippen molar-refractivity contribution in [3.8, 4) is 5.75 Å². The fraction of sp³-hybridized carbons (Fsp3) is 0.625. The standard InChI is InChI=1S/C16H25NO/c1-13-3-5-14(6-4-13)11-12-17-15-7-9-16(18-2)10-8-15/h7-10,13-14,17H,3-6,11-12H2,1-2H3. The second kappa shape index (κ2) is 6.67. The van der Waals surface area contributed by atoms with Crippen LogP contribution in [-0.4, -0.2) is 13.7 Å². The fourth-order valence-electron chi connectivity index (χ4n) is 2.75. The van der Waals surface area contributed by atoms with Crippen molar-refractivity contribution in [3.05, 3.63) is 24.3 Å². The highest BCUT2D eigenvalue weighted by Gasteiger charge is 2.17. The van der Waals surface area contributed by atoms with Crippen molar-refractivity contribution in [1.29, 1.82) is 0 Å². The predicted molar refractivity (Wildman–Crippen MR) is 77.2 cm³/mol. The molecule has 1 fully saturated rings. The van der Waals surface area contributed by atoms with E-state index in [2.05, 4.69) is 24.4 Å². The topological polar surface area (TPSA) is 21.3 Å². The monoisotopic (exact) mass is 247 g/mol. The van der Waals surface area contributed by atoms with Crippen LogP contribution in [0.15, 0.2) is 24.3 Å². The molecule has 1 aliphatic carbocycles. The Labute approximate surface area is 111 Å². The number of benzene rings is 1. The molecule has 2 heteroatoms. The molecule has 1 aliphatic rings. The van der Waals surface area contributed by atoms with Crippen molar-refractivity contribution in [2.75, 3.05) is 19.0 Å². The lowest BCUT2D eigenvalue weighted by atomic mass is 9.81. The summed E-state index contributed by atoms with van der Waals surface area (Å²) in [6.45, 7) is 3.47. The molecule has 0 saturated heterocycles. The van der Waals surface area contributed by atoms with Crippen molar-refractivity contribution in [2.24, 2.45) is 11.8 Å². The van der Waals surface area contributed by atoms with Gasteiger partial charge in [-0.2, -0.15) is 0 Å². The van der Waals surface area contributed by atoms with E-state index in [9.17, 15) is 0 Å². The molecule has 1 saturated carbocycles. The van der Waals surface area contributed by atoms with Crippen molar-refractivity contribution < 1.29 is 4.74 Å². The van der Waals surface area contributed by atoms with E-state index in [1.807, 2.05) is 12.1 Å². The summed E-state index contributed by atoms with van der Waals surface area (Å²) in [6.07, 6.45) is 7.00. The van der Waals surface area contributed by atoms with Crippen molar-refractivity contribution >= 4 is 5.69 Å². The molecule has 0 aromatic heterocycles. The number of hydrogen-bond acceptors (Lipinski definition) is 2. The Balaban J connectivity index is 1.68. The predicted octanol–water partition coefficient (Wildman–Crippen LogP) is 4.32. The first-order valence-electron chi connectivity index (χ1n) is 7.16. The largest absolute Gasteiger partial charge is 0.497 e. The van der Waals surface area contributed by atoms with E-state index in [-0.39, 0.29) is 0 Å². The highest BCUT2D eigenvalue weighted by molar-refractivity contribution is 5.46. The van der Waals surface area contributed by atoms with Crippen LogP contribution in [-0.2, 0) is 0 Å². The van der Waals surface area contributed by atoms with Gasteiger partial charge in [-0.15, -0.1) is 0 Å². The first-order valence-corrected chi connectivity index (χ1v) is 7.16. The van der Waals surface area contributed by atoms with Crippen molar-refractivity contribution in [1.82, 2.24) is 0 Å². The molecule has 1 aromatic rings. The average molecular weight is 247 g/mol. The lowest BCUT2D eigenvalue weighted by molar-refractivity contribution is 0.282. The highest BCUT2D eigenvalue weighted by atomic mass is 16.5.